The van der Waals surface area contributed by atoms with Crippen LogP contribution in [0.4, 0.5) is 0 Å². The van der Waals surface area contributed by atoms with Crippen molar-refractivity contribution >= 4 is 5.78 Å². The smallest absolute Gasteiger partial charge is 0.161 e. The predicted octanol–water partition coefficient (Wildman–Crippen LogP) is 4.17. The minimum Gasteiger partial charge on any atom is -0.324 e. The van der Waals surface area contributed by atoms with Crippen molar-refractivity contribution in [2.45, 2.75) is 51.4 Å². The van der Waals surface area contributed by atoms with Crippen LogP contribution in [-0.4, -0.2) is 5.78 Å². The number of ketones is 1. The molecule has 1 aromatic rings. The van der Waals surface area contributed by atoms with E-state index in [0.717, 1.165) is 38.5 Å². The van der Waals surface area contributed by atoms with Crippen molar-refractivity contribution in [3.63, 3.8) is 0 Å². The quantitative estimate of drug-likeness (QED) is 0.608. The fourth-order valence-electron chi connectivity index (χ4n) is 5.43. The molecule has 0 heterocycles. The third-order valence-electron chi connectivity index (χ3n) is 6.55. The molecule has 0 N–H and O–H groups in total. The van der Waals surface area contributed by atoms with Crippen molar-refractivity contribution in [1.82, 2.24) is 0 Å². The molecule has 0 radical (unpaired) electrons. The predicted molar refractivity (Wildman–Crippen MR) is 82.5 cm³/mol. The summed E-state index contributed by atoms with van der Waals surface area (Å²) in [5.74, 6) is 2.77. The maximum Gasteiger partial charge on any atom is 0.161 e. The first-order chi connectivity index (χ1) is 10.6. The summed E-state index contributed by atoms with van der Waals surface area (Å²) in [6.07, 6.45) is 6.11. The van der Waals surface area contributed by atoms with E-state index in [2.05, 4.69) is 18.3 Å². The molecule has 0 saturated heterocycles. The number of carbonyl (C=O) groups is 1. The molecule has 0 unspecified atom stereocenters. The number of nitrogens with zero attached hydrogens (tertiary/aromatic N) is 1. The summed E-state index contributed by atoms with van der Waals surface area (Å²) in [7, 11) is 0. The van der Waals surface area contributed by atoms with E-state index in [0.29, 0.717) is 29.3 Å². The lowest BCUT2D eigenvalue weighted by Gasteiger charge is -2.48. The van der Waals surface area contributed by atoms with Crippen LogP contribution in [-0.2, 0) is 11.2 Å². The Labute approximate surface area is 130 Å². The number of fused-ring (bicyclic) bond motifs is 5. The first kappa shape index (κ1) is 13.9. The number of Topliss-reactive ketones (excluding diaryl/α,β-unsaturated/α-hetero) is 1. The van der Waals surface area contributed by atoms with E-state index in [1.165, 1.54) is 11.1 Å². The van der Waals surface area contributed by atoms with Crippen molar-refractivity contribution in [2.24, 2.45) is 22.6 Å². The number of hydrogen-bond donors (Lipinski definition) is 0. The summed E-state index contributed by atoms with van der Waals surface area (Å²) >= 11 is 0. The Kier molecular flexibility index (Phi) is 3.10. The van der Waals surface area contributed by atoms with Gasteiger partial charge in [0, 0.05) is 11.8 Å². The van der Waals surface area contributed by atoms with Crippen LogP contribution in [0.15, 0.2) is 23.5 Å². The van der Waals surface area contributed by atoms with Crippen molar-refractivity contribution in [3.05, 3.63) is 34.2 Å². The Morgan fingerprint density at radius 1 is 1.23 bits per heavy atom. The van der Waals surface area contributed by atoms with Crippen molar-refractivity contribution in [1.29, 1.82) is 0 Å². The van der Waals surface area contributed by atoms with E-state index < -0.39 is 0 Å². The van der Waals surface area contributed by atoms with Crippen LogP contribution in [0.3, 0.4) is 0 Å². The van der Waals surface area contributed by atoms with Gasteiger partial charge in [-0.25, -0.2) is 0 Å². The third-order valence-corrected chi connectivity index (χ3v) is 6.55. The SMILES string of the molecule is C[C@]12CC[C@@H]3c4ccc(ON=O)cc4CC[C@H]3[C@@H]1CCC2=O. The molecule has 4 rings (SSSR count). The maximum atomic E-state index is 12.3. The Bertz CT molecular complexity index is 641. The van der Waals surface area contributed by atoms with Gasteiger partial charge in [0.2, 0.25) is 0 Å². The zero-order valence-corrected chi connectivity index (χ0v) is 12.9. The summed E-state index contributed by atoms with van der Waals surface area (Å²) in [5, 5.41) is 2.51. The van der Waals surface area contributed by atoms with Gasteiger partial charge in [-0.2, -0.15) is 0 Å². The number of carbonyl (C=O) groups excluding carboxylic acids is 1. The van der Waals surface area contributed by atoms with Crippen LogP contribution in [0.25, 0.3) is 0 Å². The molecule has 2 fully saturated rings. The zero-order chi connectivity index (χ0) is 15.3. The Balaban J connectivity index is 1.67. The molecule has 0 spiro atoms. The van der Waals surface area contributed by atoms with E-state index in [9.17, 15) is 9.70 Å². The second-order valence-corrected chi connectivity index (χ2v) is 7.36. The first-order valence-corrected chi connectivity index (χ1v) is 8.29. The Morgan fingerprint density at radius 2 is 2.09 bits per heavy atom. The van der Waals surface area contributed by atoms with Crippen molar-refractivity contribution < 1.29 is 9.63 Å². The van der Waals surface area contributed by atoms with E-state index in [1.807, 2.05) is 12.1 Å². The molecule has 22 heavy (non-hydrogen) atoms. The van der Waals surface area contributed by atoms with Gasteiger partial charge >= 0.3 is 0 Å². The highest BCUT2D eigenvalue weighted by Crippen LogP contribution is 2.59. The second-order valence-electron chi connectivity index (χ2n) is 7.36. The molecule has 116 valence electrons. The average Bonchev–Trinajstić information content (AvgIpc) is 2.83. The molecule has 2 saturated carbocycles. The van der Waals surface area contributed by atoms with Gasteiger partial charge in [-0.1, -0.05) is 13.0 Å². The average molecular weight is 299 g/mol. The minimum atomic E-state index is -0.0663. The molecule has 0 aromatic heterocycles. The summed E-state index contributed by atoms with van der Waals surface area (Å²) in [5.41, 5.74) is 2.62. The Morgan fingerprint density at radius 3 is 2.91 bits per heavy atom. The molecule has 0 amide bonds. The fourth-order valence-corrected chi connectivity index (χ4v) is 5.43. The second kappa shape index (κ2) is 4.90. The third kappa shape index (κ3) is 1.86. The van der Waals surface area contributed by atoms with Gasteiger partial charge < -0.3 is 4.84 Å². The largest absolute Gasteiger partial charge is 0.324 e. The highest BCUT2D eigenvalue weighted by molar-refractivity contribution is 5.87. The Hall–Kier alpha value is -1.71. The molecule has 4 heteroatoms. The van der Waals surface area contributed by atoms with Crippen LogP contribution < -0.4 is 4.84 Å². The van der Waals surface area contributed by atoms with Crippen LogP contribution >= 0.6 is 0 Å². The highest BCUT2D eigenvalue weighted by atomic mass is 16.7. The lowest BCUT2D eigenvalue weighted by molar-refractivity contribution is -0.129. The van der Waals surface area contributed by atoms with Gasteiger partial charge in [-0.15, -0.1) is 4.91 Å². The standard InChI is InChI=1S/C18H21NO3/c1-18-9-8-14-13-5-3-12(22-19-21)10-11(13)2-4-15(14)16(18)6-7-17(18)20/h3,5,10,14-16H,2,4,6-9H2,1H3/t14-,15-,16+,18+/m1/s1. The van der Waals surface area contributed by atoms with Crippen molar-refractivity contribution in [3.8, 4) is 5.75 Å². The molecule has 0 bridgehead atoms. The van der Waals surface area contributed by atoms with Gasteiger partial charge in [-0.3, -0.25) is 4.79 Å². The number of benzene rings is 1. The molecule has 3 aliphatic rings. The number of rotatable bonds is 2. The number of hydrogen-bond acceptors (Lipinski definition) is 4. The van der Waals surface area contributed by atoms with Crippen molar-refractivity contribution in [2.75, 3.05) is 0 Å². The van der Waals surface area contributed by atoms with Gasteiger partial charge in [0.25, 0.3) is 0 Å². The van der Waals surface area contributed by atoms with E-state index in [-0.39, 0.29) is 5.41 Å². The lowest BCUT2D eigenvalue weighted by atomic mass is 9.55. The summed E-state index contributed by atoms with van der Waals surface area (Å²) in [6.45, 7) is 2.20. The fraction of sp³-hybridized carbons (Fsp3) is 0.611. The molecule has 3 aliphatic carbocycles. The maximum absolute atomic E-state index is 12.3. The topological polar surface area (TPSA) is 55.7 Å². The van der Waals surface area contributed by atoms with Crippen LogP contribution in [0, 0.1) is 22.2 Å². The lowest BCUT2D eigenvalue weighted by Crippen LogP contribution is -2.42. The van der Waals surface area contributed by atoms with Gasteiger partial charge in [0.1, 0.15) is 5.78 Å². The molecule has 4 atom stereocenters. The van der Waals surface area contributed by atoms with Gasteiger partial charge in [0.05, 0.1) is 0 Å². The first-order valence-electron chi connectivity index (χ1n) is 8.29. The van der Waals surface area contributed by atoms with Crippen LogP contribution in [0.1, 0.15) is 56.1 Å². The molecular weight excluding hydrogens is 278 g/mol. The van der Waals surface area contributed by atoms with Gasteiger partial charge in [-0.05, 0) is 73.1 Å². The normalized spacial score (nSPS) is 36.2. The molecule has 4 nitrogen and oxygen atoms in total. The summed E-state index contributed by atoms with van der Waals surface area (Å²) in [4.78, 5) is 27.3. The van der Waals surface area contributed by atoms with Gasteiger partial charge in [0.15, 0.2) is 11.1 Å². The van der Waals surface area contributed by atoms with E-state index >= 15 is 0 Å². The summed E-state index contributed by atoms with van der Waals surface area (Å²) < 4.78 is 0. The highest BCUT2D eigenvalue weighted by Gasteiger charge is 2.54. The summed E-state index contributed by atoms with van der Waals surface area (Å²) in [6, 6.07) is 5.91. The molecular formula is C18H21NO3. The monoisotopic (exact) mass is 299 g/mol. The van der Waals surface area contributed by atoms with E-state index in [1.54, 1.807) is 0 Å². The minimum absolute atomic E-state index is 0.0663. The van der Waals surface area contributed by atoms with E-state index in [4.69, 9.17) is 4.84 Å². The zero-order valence-electron chi connectivity index (χ0n) is 12.9. The van der Waals surface area contributed by atoms with Crippen LogP contribution in [0.2, 0.25) is 0 Å². The molecule has 1 aromatic carbocycles. The molecule has 0 aliphatic heterocycles. The number of aryl methyl sites for hydroxylation is 1. The van der Waals surface area contributed by atoms with Crippen LogP contribution in [0.5, 0.6) is 5.75 Å².